The van der Waals surface area contributed by atoms with Gasteiger partial charge in [-0.3, -0.25) is 4.90 Å². The molecule has 2 aromatic carbocycles. The van der Waals surface area contributed by atoms with Crippen LogP contribution in [0.1, 0.15) is 17.2 Å². The highest BCUT2D eigenvalue weighted by Crippen LogP contribution is 2.28. The summed E-state index contributed by atoms with van der Waals surface area (Å²) in [6.45, 7) is 5.94. The van der Waals surface area contributed by atoms with Gasteiger partial charge < -0.3 is 20.3 Å². The first-order valence-electron chi connectivity index (χ1n) is 10.5. The van der Waals surface area contributed by atoms with E-state index in [1.807, 2.05) is 49.4 Å². The summed E-state index contributed by atoms with van der Waals surface area (Å²) in [6.07, 6.45) is 0. The highest BCUT2D eigenvalue weighted by Gasteiger charge is 2.34. The van der Waals surface area contributed by atoms with Gasteiger partial charge >= 0.3 is 12.0 Å². The lowest BCUT2D eigenvalue weighted by molar-refractivity contribution is -0.136. The molecule has 2 aliphatic rings. The predicted molar refractivity (Wildman–Crippen MR) is 120 cm³/mol. The third-order valence-electron chi connectivity index (χ3n) is 5.84. The molecule has 0 saturated carbocycles. The summed E-state index contributed by atoms with van der Waals surface area (Å²) in [5, 5.41) is 5.73. The molecule has 31 heavy (non-hydrogen) atoms. The lowest BCUT2D eigenvalue weighted by atomic mass is 9.94. The van der Waals surface area contributed by atoms with Gasteiger partial charge in [-0.15, -0.1) is 0 Å². The fourth-order valence-electron chi connectivity index (χ4n) is 4.13. The molecule has 1 atom stereocenters. The van der Waals surface area contributed by atoms with Crippen LogP contribution in [-0.2, 0) is 9.53 Å². The van der Waals surface area contributed by atoms with Gasteiger partial charge in [0, 0.05) is 44.1 Å². The van der Waals surface area contributed by atoms with Gasteiger partial charge in [-0.25, -0.2) is 9.59 Å². The van der Waals surface area contributed by atoms with Gasteiger partial charge in [-0.1, -0.05) is 48.0 Å². The van der Waals surface area contributed by atoms with E-state index in [9.17, 15) is 9.59 Å². The van der Waals surface area contributed by atoms with E-state index in [2.05, 4.69) is 32.6 Å². The molecular formula is C24H28N4O3. The average molecular weight is 421 g/mol. The number of urea groups is 1. The van der Waals surface area contributed by atoms with Gasteiger partial charge in [0.05, 0.1) is 18.7 Å². The molecule has 4 rings (SSSR count). The van der Waals surface area contributed by atoms with Crippen LogP contribution in [0.4, 0.5) is 10.5 Å². The number of para-hydroxylation sites is 1. The molecule has 1 saturated heterocycles. The van der Waals surface area contributed by atoms with Crippen LogP contribution in [0.3, 0.4) is 0 Å². The number of ether oxygens (including phenoxy) is 1. The number of aryl methyl sites for hydroxylation is 1. The van der Waals surface area contributed by atoms with E-state index in [1.54, 1.807) is 0 Å². The summed E-state index contributed by atoms with van der Waals surface area (Å²) in [7, 11) is 1.37. The summed E-state index contributed by atoms with van der Waals surface area (Å²) in [5.41, 5.74) is 4.24. The maximum absolute atomic E-state index is 12.7. The standard InChI is InChI=1S/C24H28N4O3/c1-17-8-10-18(11-9-17)22-21(23(29)31-2)20(25-24(30)26-22)16-27-12-14-28(15-13-27)19-6-4-3-5-7-19/h3-11,22H,12-16H2,1-2H3,(H2,25,26,30). The zero-order valence-corrected chi connectivity index (χ0v) is 17.9. The largest absolute Gasteiger partial charge is 0.466 e. The number of rotatable bonds is 5. The van der Waals surface area contributed by atoms with Crippen LogP contribution in [0.15, 0.2) is 65.9 Å². The molecule has 7 heteroatoms. The van der Waals surface area contributed by atoms with Gasteiger partial charge in [0.2, 0.25) is 0 Å². The molecule has 0 radical (unpaired) electrons. The van der Waals surface area contributed by atoms with Gasteiger partial charge in [-0.2, -0.15) is 0 Å². The highest BCUT2D eigenvalue weighted by molar-refractivity contribution is 5.95. The second-order valence-electron chi connectivity index (χ2n) is 7.92. The van der Waals surface area contributed by atoms with E-state index >= 15 is 0 Å². The van der Waals surface area contributed by atoms with E-state index in [1.165, 1.54) is 12.8 Å². The minimum atomic E-state index is -0.539. The number of esters is 1. The normalized spacial score (nSPS) is 19.6. The second-order valence-corrected chi connectivity index (χ2v) is 7.92. The Morgan fingerprint density at radius 1 is 1.03 bits per heavy atom. The van der Waals surface area contributed by atoms with E-state index in [0.29, 0.717) is 17.8 Å². The number of carbonyl (C=O) groups is 2. The van der Waals surface area contributed by atoms with Gasteiger partial charge in [-0.05, 0) is 24.6 Å². The lowest BCUT2D eigenvalue weighted by Crippen LogP contribution is -2.51. The van der Waals surface area contributed by atoms with Crippen LogP contribution in [0.25, 0.3) is 0 Å². The molecule has 0 aliphatic carbocycles. The van der Waals surface area contributed by atoms with Crippen molar-refractivity contribution in [1.82, 2.24) is 15.5 Å². The van der Waals surface area contributed by atoms with Crippen molar-refractivity contribution >= 4 is 17.7 Å². The van der Waals surface area contributed by atoms with Crippen LogP contribution in [0.5, 0.6) is 0 Å². The smallest absolute Gasteiger partial charge is 0.338 e. The molecule has 2 aromatic rings. The quantitative estimate of drug-likeness (QED) is 0.728. The van der Waals surface area contributed by atoms with Gasteiger partial charge in [0.1, 0.15) is 0 Å². The Hall–Kier alpha value is -3.32. The summed E-state index contributed by atoms with van der Waals surface area (Å²) in [5.74, 6) is -0.434. The Morgan fingerprint density at radius 3 is 2.35 bits per heavy atom. The first kappa shape index (κ1) is 20.9. The number of nitrogens with zero attached hydrogens (tertiary/aromatic N) is 2. The molecule has 162 valence electrons. The summed E-state index contributed by atoms with van der Waals surface area (Å²) in [4.78, 5) is 29.7. The second kappa shape index (κ2) is 9.22. The van der Waals surface area contributed by atoms with E-state index < -0.39 is 12.0 Å². The van der Waals surface area contributed by atoms with Crippen molar-refractivity contribution in [2.45, 2.75) is 13.0 Å². The molecule has 7 nitrogen and oxygen atoms in total. The molecule has 2 N–H and O–H groups in total. The Labute approximate surface area is 182 Å². The number of methoxy groups -OCH3 is 1. The number of piperazine rings is 1. The maximum atomic E-state index is 12.7. The molecule has 0 aromatic heterocycles. The van der Waals surface area contributed by atoms with Crippen molar-refractivity contribution in [2.24, 2.45) is 0 Å². The number of nitrogens with one attached hydrogen (secondary N) is 2. The summed E-state index contributed by atoms with van der Waals surface area (Å²) >= 11 is 0. The highest BCUT2D eigenvalue weighted by atomic mass is 16.5. The van der Waals surface area contributed by atoms with Crippen LogP contribution >= 0.6 is 0 Å². The number of amides is 2. The SMILES string of the molecule is COC(=O)C1=C(CN2CCN(c3ccccc3)CC2)NC(=O)NC1c1ccc(C)cc1. The van der Waals surface area contributed by atoms with E-state index in [0.717, 1.165) is 37.3 Å². The molecule has 2 amide bonds. The van der Waals surface area contributed by atoms with Crippen molar-refractivity contribution < 1.29 is 14.3 Å². The third-order valence-corrected chi connectivity index (χ3v) is 5.84. The molecule has 0 bridgehead atoms. The van der Waals surface area contributed by atoms with E-state index in [4.69, 9.17) is 4.74 Å². The zero-order chi connectivity index (χ0) is 21.8. The van der Waals surface area contributed by atoms with Crippen LogP contribution in [-0.4, -0.2) is 56.7 Å². The molecular weight excluding hydrogens is 392 g/mol. The topological polar surface area (TPSA) is 73.9 Å². The van der Waals surface area contributed by atoms with Crippen molar-refractivity contribution in [3.63, 3.8) is 0 Å². The average Bonchev–Trinajstić information content (AvgIpc) is 2.80. The van der Waals surface area contributed by atoms with Crippen molar-refractivity contribution in [1.29, 1.82) is 0 Å². The number of carbonyl (C=O) groups excluding carboxylic acids is 2. The van der Waals surface area contributed by atoms with Crippen LogP contribution < -0.4 is 15.5 Å². The summed E-state index contributed by atoms with van der Waals surface area (Å²) < 4.78 is 5.08. The number of hydrogen-bond donors (Lipinski definition) is 2. The molecule has 1 unspecified atom stereocenters. The number of benzene rings is 2. The summed E-state index contributed by atoms with van der Waals surface area (Å²) in [6, 6.07) is 17.3. The maximum Gasteiger partial charge on any atom is 0.338 e. The molecule has 2 aliphatic heterocycles. The lowest BCUT2D eigenvalue weighted by Gasteiger charge is -2.38. The minimum Gasteiger partial charge on any atom is -0.466 e. The van der Waals surface area contributed by atoms with Gasteiger partial charge in [0.25, 0.3) is 0 Å². The minimum absolute atomic E-state index is 0.309. The monoisotopic (exact) mass is 420 g/mol. The third kappa shape index (κ3) is 4.72. The first-order valence-corrected chi connectivity index (χ1v) is 10.5. The molecule has 0 spiro atoms. The Balaban J connectivity index is 1.54. The molecule has 2 heterocycles. The van der Waals surface area contributed by atoms with E-state index in [-0.39, 0.29) is 6.03 Å². The Morgan fingerprint density at radius 2 is 1.71 bits per heavy atom. The van der Waals surface area contributed by atoms with Crippen LogP contribution in [0, 0.1) is 6.92 Å². The van der Waals surface area contributed by atoms with Gasteiger partial charge in [0.15, 0.2) is 0 Å². The van der Waals surface area contributed by atoms with Crippen molar-refractivity contribution in [2.75, 3.05) is 44.7 Å². The number of anilines is 1. The first-order chi connectivity index (χ1) is 15.0. The Kier molecular flexibility index (Phi) is 6.23. The fourth-order valence-corrected chi connectivity index (χ4v) is 4.13. The van der Waals surface area contributed by atoms with Crippen molar-refractivity contribution in [3.8, 4) is 0 Å². The van der Waals surface area contributed by atoms with Crippen molar-refractivity contribution in [3.05, 3.63) is 77.0 Å². The Bertz CT molecular complexity index is 964. The molecule has 1 fully saturated rings. The zero-order valence-electron chi connectivity index (χ0n) is 17.9. The number of hydrogen-bond acceptors (Lipinski definition) is 5. The van der Waals surface area contributed by atoms with Crippen LogP contribution in [0.2, 0.25) is 0 Å². The predicted octanol–water partition coefficient (Wildman–Crippen LogP) is 2.60. The fraction of sp³-hybridized carbons (Fsp3) is 0.333.